The molecule has 0 saturated heterocycles. The van der Waals surface area contributed by atoms with E-state index in [-0.39, 0.29) is 23.2 Å². The number of aromatic nitrogens is 4. The van der Waals surface area contributed by atoms with E-state index in [0.717, 1.165) is 31.0 Å². The summed E-state index contributed by atoms with van der Waals surface area (Å²) in [7, 11) is 0. The molecule has 1 atom stereocenters. The molecule has 2 aromatic carbocycles. The maximum Gasteiger partial charge on any atom is 0.268 e. The van der Waals surface area contributed by atoms with Gasteiger partial charge in [0, 0.05) is 21.3 Å². The number of rotatable bonds is 6. The van der Waals surface area contributed by atoms with E-state index >= 15 is 0 Å². The molecule has 0 aliphatic carbocycles. The zero-order valence-corrected chi connectivity index (χ0v) is 24.3. The fourth-order valence-corrected chi connectivity index (χ4v) is 7.13. The molecule has 6 rings (SSSR count). The molecule has 3 aromatic heterocycles. The van der Waals surface area contributed by atoms with Crippen molar-refractivity contribution in [1.82, 2.24) is 19.2 Å². The first-order valence-corrected chi connectivity index (χ1v) is 15.0. The normalized spacial score (nSPS) is 15.4. The predicted molar refractivity (Wildman–Crippen MR) is 155 cm³/mol. The molecule has 7 nitrogen and oxygen atoms in total. The first kappa shape index (κ1) is 25.5. The van der Waals surface area contributed by atoms with E-state index in [9.17, 15) is 9.59 Å². The van der Waals surface area contributed by atoms with E-state index in [0.29, 0.717) is 40.8 Å². The van der Waals surface area contributed by atoms with E-state index in [4.69, 9.17) is 4.74 Å². The Morgan fingerprint density at radius 2 is 1.89 bits per heavy atom. The van der Waals surface area contributed by atoms with Crippen molar-refractivity contribution in [1.29, 1.82) is 0 Å². The summed E-state index contributed by atoms with van der Waals surface area (Å²) in [4.78, 5) is 28.9. The summed E-state index contributed by atoms with van der Waals surface area (Å²) in [6, 6.07) is 15.2. The average Bonchev–Trinajstić information content (AvgIpc) is 3.50. The Labute approximate surface area is 236 Å². The van der Waals surface area contributed by atoms with Crippen LogP contribution in [0.15, 0.2) is 63.0 Å². The van der Waals surface area contributed by atoms with Crippen molar-refractivity contribution in [2.45, 2.75) is 45.1 Å². The zero-order valence-electron chi connectivity index (χ0n) is 21.1. The third-order valence-electron chi connectivity index (χ3n) is 6.88. The van der Waals surface area contributed by atoms with Crippen LogP contribution in [0, 0.1) is 12.8 Å². The van der Waals surface area contributed by atoms with Crippen molar-refractivity contribution in [3.8, 4) is 5.69 Å². The van der Waals surface area contributed by atoms with Gasteiger partial charge in [-0.3, -0.25) is 9.59 Å². The van der Waals surface area contributed by atoms with E-state index in [1.165, 1.54) is 11.8 Å². The number of ether oxygens (including phenoxy) is 1. The van der Waals surface area contributed by atoms with Gasteiger partial charge in [-0.15, -0.1) is 21.5 Å². The Morgan fingerprint density at radius 1 is 1.16 bits per heavy atom. The number of benzene rings is 2. The summed E-state index contributed by atoms with van der Waals surface area (Å²) in [5, 5.41) is 10.2. The van der Waals surface area contributed by atoms with Crippen LogP contribution >= 0.6 is 39.0 Å². The Bertz CT molecular complexity index is 1740. The van der Waals surface area contributed by atoms with Crippen molar-refractivity contribution in [3.05, 3.63) is 84.9 Å². The molecule has 0 amide bonds. The quantitative estimate of drug-likeness (QED) is 0.168. The van der Waals surface area contributed by atoms with Gasteiger partial charge in [-0.25, -0.2) is 8.97 Å². The third kappa shape index (κ3) is 4.43. The highest BCUT2D eigenvalue weighted by Gasteiger charge is 2.30. The Hall–Kier alpha value is -2.79. The number of thiophene rings is 1. The number of carbonyl (C=O) groups excluding carboxylic acids is 1. The molecule has 38 heavy (non-hydrogen) atoms. The van der Waals surface area contributed by atoms with Crippen molar-refractivity contribution in [2.75, 3.05) is 5.75 Å². The largest absolute Gasteiger partial charge is 0.372 e. The lowest BCUT2D eigenvalue weighted by Crippen LogP contribution is -2.28. The number of thioether (sulfide) groups is 1. The van der Waals surface area contributed by atoms with E-state index in [2.05, 4.69) is 40.0 Å². The number of hydrogen-bond acceptors (Lipinski definition) is 7. The summed E-state index contributed by atoms with van der Waals surface area (Å²) in [5.74, 6) is 0.981. The first-order chi connectivity index (χ1) is 18.3. The summed E-state index contributed by atoms with van der Waals surface area (Å²) < 4.78 is 10.6. The molecule has 0 saturated carbocycles. The van der Waals surface area contributed by atoms with Gasteiger partial charge in [0.15, 0.2) is 10.9 Å². The monoisotopic (exact) mass is 608 g/mol. The molecule has 1 aliphatic rings. The van der Waals surface area contributed by atoms with Crippen molar-refractivity contribution in [3.63, 3.8) is 0 Å². The predicted octanol–water partition coefficient (Wildman–Crippen LogP) is 6.24. The molecule has 0 spiro atoms. The number of fused-ring (bicyclic) bond motifs is 5. The lowest BCUT2D eigenvalue weighted by molar-refractivity contribution is 0.00200. The van der Waals surface area contributed by atoms with E-state index < -0.39 is 0 Å². The molecule has 0 N–H and O–H groups in total. The molecular formula is C28H25BrN4O3S2. The number of hydrogen-bond donors (Lipinski definition) is 0. The SMILES string of the molecule is Cc1ccc(-n2c(=O)c3c4c(sc3n3c(SCC(=O)c5ccc(Br)cc5)nnc23)CO[C@@H](C(C)C)C4)cc1. The number of halogens is 1. The molecule has 0 bridgehead atoms. The van der Waals surface area contributed by atoms with Crippen LogP contribution in [-0.2, 0) is 17.8 Å². The second-order valence-corrected chi connectivity index (χ2v) is 12.7. The number of Topliss-reactive ketones (excluding diaryl/α,β-unsaturated/α-hetero) is 1. The van der Waals surface area contributed by atoms with Crippen LogP contribution in [-0.4, -0.2) is 36.8 Å². The minimum atomic E-state index is -0.104. The van der Waals surface area contributed by atoms with Gasteiger partial charge < -0.3 is 4.74 Å². The smallest absolute Gasteiger partial charge is 0.268 e. The van der Waals surface area contributed by atoms with Crippen LogP contribution in [0.2, 0.25) is 0 Å². The van der Waals surface area contributed by atoms with Gasteiger partial charge in [-0.05, 0) is 42.7 Å². The molecule has 0 fully saturated rings. The molecule has 5 aromatic rings. The standard InChI is InChI=1S/C28H25BrN4O3S2/c1-15(2)22-12-20-23(13-36-22)38-26-24(20)25(35)32(19-10-4-16(3)5-11-19)27-30-31-28(33(26)27)37-14-21(34)17-6-8-18(29)9-7-17/h4-11,15,22H,12-14H2,1-3H3/t22-/m1/s1. The molecule has 194 valence electrons. The van der Waals surface area contributed by atoms with Gasteiger partial charge >= 0.3 is 0 Å². The summed E-state index contributed by atoms with van der Waals surface area (Å²) in [5.41, 5.74) is 3.42. The number of aryl methyl sites for hydroxylation is 1. The summed E-state index contributed by atoms with van der Waals surface area (Å²) >= 11 is 6.30. The summed E-state index contributed by atoms with van der Waals surface area (Å²) in [6.45, 7) is 6.78. The molecular weight excluding hydrogens is 584 g/mol. The highest BCUT2D eigenvalue weighted by molar-refractivity contribution is 9.10. The lowest BCUT2D eigenvalue weighted by atomic mass is 9.96. The minimum Gasteiger partial charge on any atom is -0.372 e. The molecule has 10 heteroatoms. The van der Waals surface area contributed by atoms with Gasteiger partial charge in [-0.2, -0.15) is 0 Å². The Morgan fingerprint density at radius 3 is 2.61 bits per heavy atom. The maximum absolute atomic E-state index is 14.1. The first-order valence-electron chi connectivity index (χ1n) is 12.4. The molecule has 1 aliphatic heterocycles. The lowest BCUT2D eigenvalue weighted by Gasteiger charge is -2.26. The molecule has 0 radical (unpaired) electrons. The fourth-order valence-electron chi connectivity index (χ4n) is 4.74. The van der Waals surface area contributed by atoms with Gasteiger partial charge in [0.05, 0.1) is 29.5 Å². The number of carbonyl (C=O) groups is 1. The van der Waals surface area contributed by atoms with Gasteiger partial charge in [-0.1, -0.05) is 71.4 Å². The Kier molecular flexibility index (Phi) is 6.75. The average molecular weight is 610 g/mol. The van der Waals surface area contributed by atoms with Crippen LogP contribution in [0.3, 0.4) is 0 Å². The van der Waals surface area contributed by atoms with E-state index in [1.54, 1.807) is 28.0 Å². The van der Waals surface area contributed by atoms with Crippen LogP contribution in [0.4, 0.5) is 0 Å². The second kappa shape index (κ2) is 10.1. The number of nitrogens with zero attached hydrogens (tertiary/aromatic N) is 4. The highest BCUT2D eigenvalue weighted by Crippen LogP contribution is 2.37. The Balaban J connectivity index is 1.52. The van der Waals surface area contributed by atoms with Crippen LogP contribution in [0.1, 0.15) is 40.2 Å². The van der Waals surface area contributed by atoms with Crippen LogP contribution < -0.4 is 5.56 Å². The molecule has 4 heterocycles. The van der Waals surface area contributed by atoms with Gasteiger partial charge in [0.2, 0.25) is 5.78 Å². The van der Waals surface area contributed by atoms with Gasteiger partial charge in [0.25, 0.3) is 5.56 Å². The maximum atomic E-state index is 14.1. The highest BCUT2D eigenvalue weighted by atomic mass is 79.9. The third-order valence-corrected chi connectivity index (χ3v) is 9.52. The van der Waals surface area contributed by atoms with Crippen molar-refractivity contribution in [2.24, 2.45) is 5.92 Å². The van der Waals surface area contributed by atoms with Gasteiger partial charge in [0.1, 0.15) is 4.83 Å². The van der Waals surface area contributed by atoms with Crippen LogP contribution in [0.25, 0.3) is 21.7 Å². The topological polar surface area (TPSA) is 78.5 Å². The number of ketones is 1. The fraction of sp³-hybridized carbons (Fsp3) is 0.286. The summed E-state index contributed by atoms with van der Waals surface area (Å²) in [6.07, 6.45) is 0.746. The van der Waals surface area contributed by atoms with Crippen molar-refractivity contribution >= 4 is 60.8 Å². The minimum absolute atomic E-state index is 0.000925. The van der Waals surface area contributed by atoms with Crippen molar-refractivity contribution < 1.29 is 9.53 Å². The van der Waals surface area contributed by atoms with E-state index in [1.807, 2.05) is 47.7 Å². The van der Waals surface area contributed by atoms with Crippen LogP contribution in [0.5, 0.6) is 0 Å². The zero-order chi connectivity index (χ0) is 26.6. The molecule has 0 unspecified atom stereocenters. The second-order valence-electron chi connectivity index (χ2n) is 9.79.